The van der Waals surface area contributed by atoms with E-state index in [1.807, 2.05) is 0 Å². The van der Waals surface area contributed by atoms with Gasteiger partial charge in [-0.25, -0.2) is 0 Å². The van der Waals surface area contributed by atoms with E-state index in [1.54, 1.807) is 0 Å². The molecule has 0 radical (unpaired) electrons. The maximum atomic E-state index is 12.3. The molecule has 1 saturated heterocycles. The summed E-state index contributed by atoms with van der Waals surface area (Å²) in [4.78, 5) is 14.8. The van der Waals surface area contributed by atoms with Crippen LogP contribution in [0, 0.1) is 0 Å². The Hall–Kier alpha value is -0.610. The highest BCUT2D eigenvalue weighted by Gasteiger charge is 2.35. The molecule has 0 aromatic heterocycles. The van der Waals surface area contributed by atoms with Gasteiger partial charge in [0.05, 0.1) is 5.54 Å². The fourth-order valence-electron chi connectivity index (χ4n) is 3.50. The van der Waals surface area contributed by atoms with Gasteiger partial charge >= 0.3 is 0 Å². The van der Waals surface area contributed by atoms with E-state index in [-0.39, 0.29) is 5.91 Å². The number of nitrogens with zero attached hydrogens (tertiary/aromatic N) is 1. The Labute approximate surface area is 117 Å². The van der Waals surface area contributed by atoms with Gasteiger partial charge in [0.25, 0.3) is 0 Å². The first-order valence-electron chi connectivity index (χ1n) is 7.97. The molecule has 0 aromatic rings. The number of likely N-dealkylation sites (N-methyl/N-ethyl adjacent to an activating group) is 1. The Morgan fingerprint density at radius 3 is 2.68 bits per heavy atom. The molecule has 0 bridgehead atoms. The van der Waals surface area contributed by atoms with Crippen LogP contribution in [0.15, 0.2) is 0 Å². The maximum Gasteiger partial charge on any atom is 0.240 e. The van der Waals surface area contributed by atoms with Crippen LogP contribution in [0.1, 0.15) is 58.3 Å². The molecule has 2 fully saturated rings. The van der Waals surface area contributed by atoms with E-state index in [0.717, 1.165) is 38.8 Å². The summed E-state index contributed by atoms with van der Waals surface area (Å²) in [7, 11) is 0. The van der Waals surface area contributed by atoms with Crippen molar-refractivity contribution >= 4 is 5.91 Å². The molecule has 1 amide bonds. The summed E-state index contributed by atoms with van der Waals surface area (Å²) in [5.41, 5.74) is 5.67. The molecule has 110 valence electrons. The number of carbonyl (C=O) groups is 1. The lowest BCUT2D eigenvalue weighted by atomic mass is 9.82. The molecule has 0 spiro atoms. The summed E-state index contributed by atoms with van der Waals surface area (Å²) >= 11 is 0. The van der Waals surface area contributed by atoms with Gasteiger partial charge in [-0.3, -0.25) is 9.69 Å². The number of carbonyl (C=O) groups excluding carboxylic acids is 1. The van der Waals surface area contributed by atoms with Crippen molar-refractivity contribution in [3.05, 3.63) is 0 Å². The monoisotopic (exact) mass is 267 g/mol. The topological polar surface area (TPSA) is 58.4 Å². The predicted molar refractivity (Wildman–Crippen MR) is 77.9 cm³/mol. The minimum Gasteiger partial charge on any atom is -0.353 e. The van der Waals surface area contributed by atoms with Crippen molar-refractivity contribution in [2.24, 2.45) is 5.73 Å². The van der Waals surface area contributed by atoms with Gasteiger partial charge in [-0.1, -0.05) is 32.6 Å². The van der Waals surface area contributed by atoms with Crippen molar-refractivity contribution in [1.29, 1.82) is 0 Å². The second-order valence-electron chi connectivity index (χ2n) is 6.21. The summed E-state index contributed by atoms with van der Waals surface area (Å²) in [6, 6.07) is 0.509. The van der Waals surface area contributed by atoms with E-state index in [1.165, 1.54) is 32.2 Å². The van der Waals surface area contributed by atoms with E-state index in [0.29, 0.717) is 6.04 Å². The summed E-state index contributed by atoms with van der Waals surface area (Å²) < 4.78 is 0. The van der Waals surface area contributed by atoms with Crippen molar-refractivity contribution in [3.63, 3.8) is 0 Å². The zero-order chi connectivity index (χ0) is 13.7. The van der Waals surface area contributed by atoms with Crippen molar-refractivity contribution in [2.45, 2.75) is 69.9 Å². The van der Waals surface area contributed by atoms with E-state index >= 15 is 0 Å². The molecule has 1 saturated carbocycles. The van der Waals surface area contributed by atoms with Crippen LogP contribution in [0.25, 0.3) is 0 Å². The fraction of sp³-hybridized carbons (Fsp3) is 0.933. The fourth-order valence-corrected chi connectivity index (χ4v) is 3.50. The Morgan fingerprint density at radius 1 is 1.26 bits per heavy atom. The number of likely N-dealkylation sites (tertiary alicyclic amines) is 1. The van der Waals surface area contributed by atoms with Crippen LogP contribution < -0.4 is 11.1 Å². The first kappa shape index (κ1) is 14.8. The lowest BCUT2D eigenvalue weighted by molar-refractivity contribution is -0.127. The Balaban J connectivity index is 1.81. The molecule has 1 unspecified atom stereocenters. The lowest BCUT2D eigenvalue weighted by Crippen LogP contribution is -2.57. The molecule has 1 heterocycles. The number of nitrogens with two attached hydrogens (primary N) is 1. The van der Waals surface area contributed by atoms with Crippen molar-refractivity contribution in [1.82, 2.24) is 10.2 Å². The van der Waals surface area contributed by atoms with Crippen LogP contribution in [-0.4, -0.2) is 42.0 Å². The molecule has 2 rings (SSSR count). The molecule has 19 heavy (non-hydrogen) atoms. The van der Waals surface area contributed by atoms with Gasteiger partial charge in [0.1, 0.15) is 0 Å². The third kappa shape index (κ3) is 3.69. The number of piperidine rings is 1. The minimum atomic E-state index is -0.593. The third-order valence-electron chi connectivity index (χ3n) is 4.85. The highest BCUT2D eigenvalue weighted by atomic mass is 16.2. The Kier molecular flexibility index (Phi) is 5.22. The number of amides is 1. The van der Waals surface area contributed by atoms with Gasteiger partial charge in [-0.15, -0.1) is 0 Å². The zero-order valence-electron chi connectivity index (χ0n) is 12.3. The standard InChI is InChI=1S/C15H29N3O/c1-2-18-11-7-4-8-13(18)12-17-14(19)15(16)9-5-3-6-10-15/h13H,2-12,16H2,1H3,(H,17,19). The van der Waals surface area contributed by atoms with E-state index in [2.05, 4.69) is 17.1 Å². The SMILES string of the molecule is CCN1CCCCC1CNC(=O)C1(N)CCCCC1. The molecule has 4 heteroatoms. The largest absolute Gasteiger partial charge is 0.353 e. The lowest BCUT2D eigenvalue weighted by Gasteiger charge is -2.37. The molecule has 2 aliphatic rings. The van der Waals surface area contributed by atoms with Gasteiger partial charge in [0.2, 0.25) is 5.91 Å². The van der Waals surface area contributed by atoms with Gasteiger partial charge in [0, 0.05) is 12.6 Å². The van der Waals surface area contributed by atoms with Gasteiger partial charge in [-0.2, -0.15) is 0 Å². The average molecular weight is 267 g/mol. The van der Waals surface area contributed by atoms with Crippen LogP contribution in [0.5, 0.6) is 0 Å². The highest BCUT2D eigenvalue weighted by Crippen LogP contribution is 2.26. The van der Waals surface area contributed by atoms with Crippen LogP contribution in [0.4, 0.5) is 0 Å². The van der Waals surface area contributed by atoms with Crippen LogP contribution >= 0.6 is 0 Å². The van der Waals surface area contributed by atoms with Crippen LogP contribution in [-0.2, 0) is 4.79 Å². The maximum absolute atomic E-state index is 12.3. The number of nitrogens with one attached hydrogen (secondary N) is 1. The van der Waals surface area contributed by atoms with Gasteiger partial charge in [-0.05, 0) is 38.8 Å². The smallest absolute Gasteiger partial charge is 0.240 e. The van der Waals surface area contributed by atoms with Gasteiger partial charge in [0.15, 0.2) is 0 Å². The molecule has 3 N–H and O–H groups in total. The normalized spacial score (nSPS) is 28.0. The van der Waals surface area contributed by atoms with Crippen LogP contribution in [0.2, 0.25) is 0 Å². The molecular weight excluding hydrogens is 238 g/mol. The molecule has 1 aliphatic heterocycles. The number of hydrogen-bond donors (Lipinski definition) is 2. The number of rotatable bonds is 4. The molecular formula is C15H29N3O. The van der Waals surface area contributed by atoms with E-state index in [4.69, 9.17) is 5.73 Å². The zero-order valence-corrected chi connectivity index (χ0v) is 12.3. The molecule has 4 nitrogen and oxygen atoms in total. The second-order valence-corrected chi connectivity index (χ2v) is 6.21. The Morgan fingerprint density at radius 2 is 2.00 bits per heavy atom. The summed E-state index contributed by atoms with van der Waals surface area (Å²) in [5, 5.41) is 3.12. The third-order valence-corrected chi connectivity index (χ3v) is 4.85. The second kappa shape index (κ2) is 6.71. The summed E-state index contributed by atoms with van der Waals surface area (Å²) in [6.07, 6.45) is 8.87. The Bertz CT molecular complexity index is 300. The first-order chi connectivity index (χ1) is 9.15. The summed E-state index contributed by atoms with van der Waals surface area (Å²) in [5.74, 6) is 0.0776. The molecule has 1 atom stereocenters. The average Bonchev–Trinajstić information content (AvgIpc) is 2.45. The number of hydrogen-bond acceptors (Lipinski definition) is 3. The van der Waals surface area contributed by atoms with Crippen molar-refractivity contribution < 1.29 is 4.79 Å². The van der Waals surface area contributed by atoms with Crippen molar-refractivity contribution in [2.75, 3.05) is 19.6 Å². The van der Waals surface area contributed by atoms with Crippen molar-refractivity contribution in [3.8, 4) is 0 Å². The van der Waals surface area contributed by atoms with E-state index < -0.39 is 5.54 Å². The minimum absolute atomic E-state index is 0.0776. The quantitative estimate of drug-likeness (QED) is 0.814. The van der Waals surface area contributed by atoms with E-state index in [9.17, 15) is 4.79 Å². The molecule has 0 aromatic carbocycles. The first-order valence-corrected chi connectivity index (χ1v) is 7.97. The van der Waals surface area contributed by atoms with Crippen LogP contribution in [0.3, 0.4) is 0 Å². The summed E-state index contributed by atoms with van der Waals surface area (Å²) in [6.45, 7) is 5.22. The highest BCUT2D eigenvalue weighted by molar-refractivity contribution is 5.86. The van der Waals surface area contributed by atoms with Gasteiger partial charge < -0.3 is 11.1 Å². The molecule has 1 aliphatic carbocycles. The predicted octanol–water partition coefficient (Wildman–Crippen LogP) is 1.64.